The van der Waals surface area contributed by atoms with Crippen LogP contribution in [-0.2, 0) is 4.74 Å². The van der Waals surface area contributed by atoms with Crippen molar-refractivity contribution in [2.24, 2.45) is 4.99 Å². The average molecular weight is 366 g/mol. The topological polar surface area (TPSA) is 64.1 Å². The number of hydrogen-bond donors (Lipinski definition) is 2. The van der Waals surface area contributed by atoms with Crippen molar-refractivity contribution >= 4 is 5.96 Å². The zero-order valence-corrected chi connectivity index (χ0v) is 16.9. The van der Waals surface area contributed by atoms with Gasteiger partial charge < -0.3 is 24.8 Å². The van der Waals surface area contributed by atoms with Gasteiger partial charge in [-0.25, -0.2) is 0 Å². The Bertz CT molecular complexity index is 535. The molecule has 0 amide bonds. The molecule has 0 aliphatic rings. The lowest BCUT2D eigenvalue weighted by atomic mass is 10.1. The van der Waals surface area contributed by atoms with Crippen LogP contribution in [0.1, 0.15) is 51.6 Å². The molecule has 0 saturated heterocycles. The van der Waals surface area contributed by atoms with Gasteiger partial charge in [0.15, 0.2) is 17.5 Å². The van der Waals surface area contributed by atoms with E-state index in [1.165, 1.54) is 0 Å². The highest BCUT2D eigenvalue weighted by atomic mass is 16.5. The summed E-state index contributed by atoms with van der Waals surface area (Å²) in [4.78, 5) is 4.31. The molecule has 2 N–H and O–H groups in total. The van der Waals surface area contributed by atoms with E-state index in [1.54, 1.807) is 14.2 Å². The molecule has 0 aliphatic heterocycles. The van der Waals surface area contributed by atoms with Crippen LogP contribution in [0.5, 0.6) is 11.5 Å². The maximum absolute atomic E-state index is 5.71. The van der Waals surface area contributed by atoms with Crippen molar-refractivity contribution in [1.82, 2.24) is 10.6 Å². The molecule has 0 fully saturated rings. The number of rotatable bonds is 12. The Morgan fingerprint density at radius 2 is 1.81 bits per heavy atom. The molecule has 0 saturated carbocycles. The zero-order valence-electron chi connectivity index (χ0n) is 16.9. The molecular formula is C20H35N3O3. The summed E-state index contributed by atoms with van der Waals surface area (Å²) in [5.41, 5.74) is 1.12. The Morgan fingerprint density at radius 1 is 1.08 bits per heavy atom. The largest absolute Gasteiger partial charge is 0.490 e. The van der Waals surface area contributed by atoms with Gasteiger partial charge in [0.1, 0.15) is 0 Å². The van der Waals surface area contributed by atoms with Crippen molar-refractivity contribution in [3.05, 3.63) is 23.8 Å². The summed E-state index contributed by atoms with van der Waals surface area (Å²) in [6.07, 6.45) is 3.33. The highest BCUT2D eigenvalue weighted by molar-refractivity contribution is 5.80. The smallest absolute Gasteiger partial charge is 0.191 e. The van der Waals surface area contributed by atoms with Crippen LogP contribution in [0.2, 0.25) is 0 Å². The van der Waals surface area contributed by atoms with E-state index < -0.39 is 0 Å². The van der Waals surface area contributed by atoms with Gasteiger partial charge in [0.05, 0.1) is 19.3 Å². The number of methoxy groups -OCH3 is 1. The number of unbranched alkanes of at least 4 members (excludes halogenated alkanes) is 2. The summed E-state index contributed by atoms with van der Waals surface area (Å²) in [5, 5.41) is 6.78. The van der Waals surface area contributed by atoms with E-state index >= 15 is 0 Å². The van der Waals surface area contributed by atoms with Gasteiger partial charge in [-0.3, -0.25) is 4.99 Å². The number of benzene rings is 1. The van der Waals surface area contributed by atoms with Crippen molar-refractivity contribution in [1.29, 1.82) is 0 Å². The molecule has 1 aromatic carbocycles. The van der Waals surface area contributed by atoms with Gasteiger partial charge in [-0.15, -0.1) is 0 Å². The summed E-state index contributed by atoms with van der Waals surface area (Å²) >= 11 is 0. The highest BCUT2D eigenvalue weighted by Crippen LogP contribution is 2.30. The fraction of sp³-hybridized carbons (Fsp3) is 0.650. The highest BCUT2D eigenvalue weighted by Gasteiger charge is 2.12. The molecule has 0 bridgehead atoms. The van der Waals surface area contributed by atoms with Crippen LogP contribution in [0.25, 0.3) is 0 Å². The van der Waals surface area contributed by atoms with Crippen LogP contribution in [0.3, 0.4) is 0 Å². The Labute approximate surface area is 158 Å². The molecule has 148 valence electrons. The van der Waals surface area contributed by atoms with Gasteiger partial charge in [0, 0.05) is 27.3 Å². The third kappa shape index (κ3) is 7.95. The van der Waals surface area contributed by atoms with E-state index in [4.69, 9.17) is 14.2 Å². The molecule has 1 atom stereocenters. The summed E-state index contributed by atoms with van der Waals surface area (Å²) < 4.78 is 16.4. The summed E-state index contributed by atoms with van der Waals surface area (Å²) in [6, 6.07) is 6.16. The fourth-order valence-corrected chi connectivity index (χ4v) is 2.58. The lowest BCUT2D eigenvalue weighted by molar-refractivity contribution is 0.192. The predicted molar refractivity (Wildman–Crippen MR) is 107 cm³/mol. The Balaban J connectivity index is 2.58. The lowest BCUT2D eigenvalue weighted by Gasteiger charge is -2.20. The van der Waals surface area contributed by atoms with Crippen LogP contribution >= 0.6 is 0 Å². The molecule has 1 aromatic rings. The maximum Gasteiger partial charge on any atom is 0.191 e. The van der Waals surface area contributed by atoms with Gasteiger partial charge in [0.2, 0.25) is 0 Å². The molecule has 1 rings (SSSR count). The van der Waals surface area contributed by atoms with Crippen LogP contribution in [0.4, 0.5) is 0 Å². The molecule has 0 aromatic heterocycles. The minimum Gasteiger partial charge on any atom is -0.490 e. The normalized spacial score (nSPS) is 12.6. The molecule has 0 radical (unpaired) electrons. The van der Waals surface area contributed by atoms with E-state index in [-0.39, 0.29) is 6.04 Å². The average Bonchev–Trinajstić information content (AvgIpc) is 2.65. The number of guanidine groups is 1. The Morgan fingerprint density at radius 3 is 2.46 bits per heavy atom. The van der Waals surface area contributed by atoms with Crippen LogP contribution in [-0.4, -0.2) is 46.5 Å². The van der Waals surface area contributed by atoms with Gasteiger partial charge in [-0.1, -0.05) is 6.07 Å². The van der Waals surface area contributed by atoms with E-state index in [0.717, 1.165) is 55.4 Å². The summed E-state index contributed by atoms with van der Waals surface area (Å²) in [6.45, 7) is 9.00. The van der Waals surface area contributed by atoms with Crippen molar-refractivity contribution < 1.29 is 14.2 Å². The molecule has 26 heavy (non-hydrogen) atoms. The third-order valence-electron chi connectivity index (χ3n) is 3.96. The minimum atomic E-state index is 0.101. The van der Waals surface area contributed by atoms with Gasteiger partial charge in [-0.2, -0.15) is 0 Å². The van der Waals surface area contributed by atoms with Crippen LogP contribution in [0, 0.1) is 0 Å². The second-order valence-corrected chi connectivity index (χ2v) is 5.99. The quantitative estimate of drug-likeness (QED) is 0.337. The van der Waals surface area contributed by atoms with Crippen molar-refractivity contribution in [2.75, 3.05) is 40.5 Å². The lowest BCUT2D eigenvalue weighted by Crippen LogP contribution is -2.39. The summed E-state index contributed by atoms with van der Waals surface area (Å²) in [7, 11) is 3.53. The Kier molecular flexibility index (Phi) is 11.3. The Hall–Kier alpha value is -1.95. The first-order chi connectivity index (χ1) is 12.7. The number of hydrogen-bond acceptors (Lipinski definition) is 4. The zero-order chi connectivity index (χ0) is 19.2. The van der Waals surface area contributed by atoms with Gasteiger partial charge in [-0.05, 0) is 57.7 Å². The first kappa shape index (κ1) is 22.1. The van der Waals surface area contributed by atoms with Crippen molar-refractivity contribution in [3.63, 3.8) is 0 Å². The van der Waals surface area contributed by atoms with E-state index in [1.807, 2.05) is 26.0 Å². The van der Waals surface area contributed by atoms with Crippen molar-refractivity contribution in [2.45, 2.75) is 46.1 Å². The van der Waals surface area contributed by atoms with Crippen molar-refractivity contribution in [3.8, 4) is 11.5 Å². The standard InChI is InChI=1S/C20H35N3O3/c1-6-25-18-12-11-17(15-19(18)26-7-2)16(3)23-20(21-4)22-13-9-8-10-14-24-5/h11-12,15-16H,6-10,13-14H2,1-5H3,(H2,21,22,23). The van der Waals surface area contributed by atoms with E-state index in [9.17, 15) is 0 Å². The second kappa shape index (κ2) is 13.3. The monoisotopic (exact) mass is 365 g/mol. The van der Waals surface area contributed by atoms with Crippen LogP contribution in [0.15, 0.2) is 23.2 Å². The molecule has 6 heteroatoms. The first-order valence-electron chi connectivity index (χ1n) is 9.51. The molecule has 0 heterocycles. The molecule has 0 aliphatic carbocycles. The number of nitrogens with one attached hydrogen (secondary N) is 2. The number of nitrogens with zero attached hydrogens (tertiary/aromatic N) is 1. The SMILES string of the molecule is CCOc1ccc(C(C)NC(=NC)NCCCCCOC)cc1OCC. The molecule has 6 nitrogen and oxygen atoms in total. The predicted octanol–water partition coefficient (Wildman–Crippen LogP) is 3.53. The third-order valence-corrected chi connectivity index (χ3v) is 3.96. The molecular weight excluding hydrogens is 330 g/mol. The summed E-state index contributed by atoms with van der Waals surface area (Å²) in [5.74, 6) is 2.36. The first-order valence-corrected chi connectivity index (χ1v) is 9.51. The van der Waals surface area contributed by atoms with E-state index in [2.05, 4.69) is 28.6 Å². The fourth-order valence-electron chi connectivity index (χ4n) is 2.58. The maximum atomic E-state index is 5.71. The number of ether oxygens (including phenoxy) is 3. The number of aliphatic imine (C=N–C) groups is 1. The van der Waals surface area contributed by atoms with Gasteiger partial charge >= 0.3 is 0 Å². The minimum absolute atomic E-state index is 0.101. The van der Waals surface area contributed by atoms with E-state index in [0.29, 0.717) is 13.2 Å². The molecule has 0 spiro atoms. The van der Waals surface area contributed by atoms with Gasteiger partial charge in [0.25, 0.3) is 0 Å². The second-order valence-electron chi connectivity index (χ2n) is 5.99. The van der Waals surface area contributed by atoms with Crippen LogP contribution < -0.4 is 20.1 Å². The molecule has 1 unspecified atom stereocenters.